The van der Waals surface area contributed by atoms with E-state index < -0.39 is 39.8 Å². The number of sulfonamides is 1. The summed E-state index contributed by atoms with van der Waals surface area (Å²) in [5.74, 6) is 2.35. The van der Waals surface area contributed by atoms with E-state index in [4.69, 9.17) is 15.9 Å². The Kier molecular flexibility index (Phi) is 9.19. The van der Waals surface area contributed by atoms with Gasteiger partial charge in [0.2, 0.25) is 10.0 Å². The first-order chi connectivity index (χ1) is 19.8. The van der Waals surface area contributed by atoms with Crippen LogP contribution in [0.15, 0.2) is 106 Å². The molecule has 0 amide bonds. The molecular weight excluding hydrogens is 546 g/mol. The highest BCUT2D eigenvalue weighted by atomic mass is 32.2. The van der Waals surface area contributed by atoms with Crippen molar-refractivity contribution in [3.05, 3.63) is 112 Å². The second kappa shape index (κ2) is 13.0. The van der Waals surface area contributed by atoms with Gasteiger partial charge in [-0.2, -0.15) is 4.31 Å². The van der Waals surface area contributed by atoms with Crippen LogP contribution in [0.1, 0.15) is 6.42 Å². The fourth-order valence-corrected chi connectivity index (χ4v) is 5.68. The number of carbonyl (C=O) groups is 1. The minimum atomic E-state index is -4.35. The lowest BCUT2D eigenvalue weighted by atomic mass is 10.2. The Morgan fingerprint density at radius 1 is 1.02 bits per heavy atom. The molecule has 4 rings (SSSR count). The van der Waals surface area contributed by atoms with Gasteiger partial charge in [0, 0.05) is 6.54 Å². The van der Waals surface area contributed by atoms with Gasteiger partial charge in [-0.15, -0.1) is 6.42 Å². The molecular formula is C30H27N3O7S. The smallest absolute Gasteiger partial charge is 0.328 e. The zero-order valence-corrected chi connectivity index (χ0v) is 22.8. The van der Waals surface area contributed by atoms with Crippen LogP contribution >= 0.6 is 0 Å². The largest absolute Gasteiger partial charge is 0.460 e. The Balaban J connectivity index is 1.66. The number of fused-ring (bicyclic) bond motifs is 1. The number of hydrogen-bond donors (Lipinski definition) is 1. The number of benzene rings is 3. The lowest BCUT2D eigenvalue weighted by molar-refractivity contribution is -0.147. The molecule has 1 atom stereocenters. The summed E-state index contributed by atoms with van der Waals surface area (Å²) < 4.78 is 40.2. The molecule has 0 spiro atoms. The van der Waals surface area contributed by atoms with Crippen molar-refractivity contribution in [3.8, 4) is 23.8 Å². The summed E-state index contributed by atoms with van der Waals surface area (Å²) >= 11 is 0. The molecule has 0 aliphatic heterocycles. The molecule has 41 heavy (non-hydrogen) atoms. The Morgan fingerprint density at radius 3 is 2.37 bits per heavy atom. The highest BCUT2D eigenvalue weighted by Gasteiger charge is 2.36. The minimum Gasteiger partial charge on any atom is -0.460 e. The van der Waals surface area contributed by atoms with Gasteiger partial charge in [-0.05, 0) is 55.0 Å². The fourth-order valence-electron chi connectivity index (χ4n) is 4.16. The summed E-state index contributed by atoms with van der Waals surface area (Å²) in [6, 6.07) is 19.6. The first kappa shape index (κ1) is 29.1. The predicted octanol–water partition coefficient (Wildman–Crippen LogP) is 3.29. The summed E-state index contributed by atoms with van der Waals surface area (Å²) in [4.78, 5) is 41.3. The van der Waals surface area contributed by atoms with Crippen molar-refractivity contribution in [2.45, 2.75) is 23.9 Å². The van der Waals surface area contributed by atoms with E-state index in [1.54, 1.807) is 48.5 Å². The van der Waals surface area contributed by atoms with Crippen LogP contribution in [0.4, 0.5) is 0 Å². The number of para-hydroxylation sites is 2. The van der Waals surface area contributed by atoms with E-state index in [-0.39, 0.29) is 29.9 Å². The monoisotopic (exact) mass is 573 g/mol. The Morgan fingerprint density at radius 2 is 1.68 bits per heavy atom. The lowest BCUT2D eigenvalue weighted by Gasteiger charge is -2.28. The van der Waals surface area contributed by atoms with Gasteiger partial charge in [-0.3, -0.25) is 14.2 Å². The SMILES string of the molecule is C#CCN(C(CCn1c(=O)[nH]c2ccccc2c1=O)C(=O)OCC=C)S(=O)(=O)c1ccc(Oc2ccccc2)cc1. The highest BCUT2D eigenvalue weighted by molar-refractivity contribution is 7.89. The number of esters is 1. The van der Waals surface area contributed by atoms with Crippen LogP contribution in [0, 0.1) is 12.3 Å². The molecule has 1 N–H and O–H groups in total. The fraction of sp³-hybridized carbons (Fsp3) is 0.167. The molecule has 0 saturated carbocycles. The van der Waals surface area contributed by atoms with Crippen LogP contribution in [-0.2, 0) is 26.1 Å². The van der Waals surface area contributed by atoms with E-state index in [0.717, 1.165) is 8.87 Å². The molecule has 4 aromatic rings. The van der Waals surface area contributed by atoms with Crippen LogP contribution in [0.5, 0.6) is 11.5 Å². The average molecular weight is 574 g/mol. The number of hydrogen-bond acceptors (Lipinski definition) is 7. The van der Waals surface area contributed by atoms with Gasteiger partial charge in [-0.25, -0.2) is 13.2 Å². The van der Waals surface area contributed by atoms with Crippen LogP contribution in [0.3, 0.4) is 0 Å². The quantitative estimate of drug-likeness (QED) is 0.157. The normalized spacial score (nSPS) is 12.0. The number of nitrogens with zero attached hydrogens (tertiary/aromatic N) is 2. The van der Waals surface area contributed by atoms with Gasteiger partial charge < -0.3 is 14.5 Å². The van der Waals surface area contributed by atoms with Crippen molar-refractivity contribution < 1.29 is 22.7 Å². The number of carbonyl (C=O) groups excluding carboxylic acids is 1. The first-order valence-corrected chi connectivity index (χ1v) is 14.0. The maximum atomic E-state index is 13.8. The van der Waals surface area contributed by atoms with Gasteiger partial charge in [0.05, 0.1) is 22.3 Å². The molecule has 0 aliphatic rings. The van der Waals surface area contributed by atoms with E-state index in [1.165, 1.54) is 30.3 Å². The molecule has 0 saturated heterocycles. The lowest BCUT2D eigenvalue weighted by Crippen LogP contribution is -2.47. The molecule has 1 unspecified atom stereocenters. The van der Waals surface area contributed by atoms with E-state index in [2.05, 4.69) is 17.5 Å². The van der Waals surface area contributed by atoms with E-state index in [9.17, 15) is 22.8 Å². The Bertz CT molecular complexity index is 1810. The Labute approximate surface area is 236 Å². The standard InChI is InChI=1S/C30H27N3O7S/c1-3-19-33(41(37,38)24-16-14-23(15-17-24)40-22-10-6-5-7-11-22)27(29(35)39-21-4-2)18-20-32-28(34)25-12-8-9-13-26(25)31-30(32)36/h1,4-17,27H,2,18-21H2,(H,31,36). The third-order valence-corrected chi connectivity index (χ3v) is 8.00. The molecule has 1 heterocycles. The second-order valence-corrected chi connectivity index (χ2v) is 10.7. The molecule has 0 bridgehead atoms. The number of aromatic nitrogens is 2. The van der Waals surface area contributed by atoms with Crippen LogP contribution in [0.2, 0.25) is 0 Å². The summed E-state index contributed by atoms with van der Waals surface area (Å²) in [5.41, 5.74) is -0.924. The molecule has 1 aromatic heterocycles. The third-order valence-electron chi connectivity index (χ3n) is 6.14. The summed E-state index contributed by atoms with van der Waals surface area (Å²) in [7, 11) is -4.35. The summed E-state index contributed by atoms with van der Waals surface area (Å²) in [5, 5.41) is 0.267. The molecule has 3 aromatic carbocycles. The number of aromatic amines is 1. The van der Waals surface area contributed by atoms with E-state index >= 15 is 0 Å². The number of ether oxygens (including phenoxy) is 2. The van der Waals surface area contributed by atoms with Gasteiger partial charge >= 0.3 is 11.7 Å². The topological polar surface area (TPSA) is 128 Å². The molecule has 0 aliphatic carbocycles. The van der Waals surface area contributed by atoms with Gasteiger partial charge in [-0.1, -0.05) is 48.9 Å². The molecule has 11 heteroatoms. The summed E-state index contributed by atoms with van der Waals surface area (Å²) in [6.45, 7) is 2.57. The van der Waals surface area contributed by atoms with Crippen LogP contribution in [0.25, 0.3) is 10.9 Å². The number of nitrogens with one attached hydrogen (secondary N) is 1. The predicted molar refractivity (Wildman–Crippen MR) is 154 cm³/mol. The zero-order chi connectivity index (χ0) is 29.4. The van der Waals surface area contributed by atoms with Crippen molar-refractivity contribution in [1.82, 2.24) is 13.9 Å². The third kappa shape index (κ3) is 6.63. The Hall–Kier alpha value is -4.92. The molecule has 0 fully saturated rings. The van der Waals surface area contributed by atoms with Gasteiger partial charge in [0.1, 0.15) is 24.1 Å². The van der Waals surface area contributed by atoms with Crippen molar-refractivity contribution in [1.29, 1.82) is 0 Å². The average Bonchev–Trinajstić information content (AvgIpc) is 2.97. The van der Waals surface area contributed by atoms with E-state index in [0.29, 0.717) is 17.0 Å². The highest BCUT2D eigenvalue weighted by Crippen LogP contribution is 2.26. The first-order valence-electron chi connectivity index (χ1n) is 12.5. The minimum absolute atomic E-state index is 0.143. The van der Waals surface area contributed by atoms with Crippen LogP contribution in [-0.4, -0.2) is 47.4 Å². The van der Waals surface area contributed by atoms with Crippen molar-refractivity contribution in [2.24, 2.45) is 0 Å². The van der Waals surface area contributed by atoms with E-state index in [1.807, 2.05) is 6.07 Å². The van der Waals surface area contributed by atoms with Gasteiger partial charge in [0.15, 0.2) is 0 Å². The van der Waals surface area contributed by atoms with Crippen molar-refractivity contribution in [3.63, 3.8) is 0 Å². The molecule has 0 radical (unpaired) electrons. The van der Waals surface area contributed by atoms with Crippen molar-refractivity contribution >= 4 is 26.9 Å². The molecule has 210 valence electrons. The number of terminal acetylenes is 1. The number of H-pyrrole nitrogens is 1. The number of rotatable bonds is 12. The van der Waals surface area contributed by atoms with Crippen molar-refractivity contribution in [2.75, 3.05) is 13.2 Å². The maximum absolute atomic E-state index is 13.8. The maximum Gasteiger partial charge on any atom is 0.328 e. The van der Waals surface area contributed by atoms with Crippen LogP contribution < -0.4 is 16.0 Å². The molecule has 10 nitrogen and oxygen atoms in total. The zero-order valence-electron chi connectivity index (χ0n) is 21.9. The van der Waals surface area contributed by atoms with Gasteiger partial charge in [0.25, 0.3) is 5.56 Å². The summed E-state index contributed by atoms with van der Waals surface area (Å²) in [6.07, 6.45) is 6.58. The second-order valence-electron chi connectivity index (χ2n) is 8.80.